The fourth-order valence-corrected chi connectivity index (χ4v) is 4.96. The van der Waals surface area contributed by atoms with Crippen LogP contribution in [-0.4, -0.2) is 60.5 Å². The summed E-state index contributed by atoms with van der Waals surface area (Å²) in [4.78, 5) is 28.7. The highest BCUT2D eigenvalue weighted by Crippen LogP contribution is 2.31. The summed E-state index contributed by atoms with van der Waals surface area (Å²) >= 11 is 0. The van der Waals surface area contributed by atoms with Gasteiger partial charge in [0.15, 0.2) is 0 Å². The van der Waals surface area contributed by atoms with Crippen molar-refractivity contribution in [3.63, 3.8) is 0 Å². The fraction of sp³-hybridized carbons (Fsp3) is 0.400. The summed E-state index contributed by atoms with van der Waals surface area (Å²) in [6.07, 6.45) is 0.0520. The Labute approximate surface area is 191 Å². The van der Waals surface area contributed by atoms with Crippen molar-refractivity contribution >= 4 is 11.9 Å². The van der Waals surface area contributed by atoms with E-state index in [1.54, 1.807) is 19.1 Å². The van der Waals surface area contributed by atoms with Gasteiger partial charge in [0.1, 0.15) is 18.5 Å². The summed E-state index contributed by atoms with van der Waals surface area (Å²) in [5.41, 5.74) is 3.81. The molecule has 0 spiro atoms. The molecule has 0 saturated carbocycles. The Morgan fingerprint density at radius 3 is 2.91 bits per heavy atom. The van der Waals surface area contributed by atoms with E-state index in [1.807, 2.05) is 23.1 Å². The van der Waals surface area contributed by atoms with Gasteiger partial charge in [-0.3, -0.25) is 9.69 Å². The van der Waals surface area contributed by atoms with E-state index in [4.69, 9.17) is 9.47 Å². The number of cyclic esters (lactones) is 1. The summed E-state index contributed by atoms with van der Waals surface area (Å²) in [6, 6.07) is 10.5. The van der Waals surface area contributed by atoms with E-state index in [1.165, 1.54) is 6.07 Å². The van der Waals surface area contributed by atoms with Crippen molar-refractivity contribution in [2.24, 2.45) is 0 Å². The molecule has 0 N–H and O–H groups in total. The van der Waals surface area contributed by atoms with Crippen LogP contribution in [0.1, 0.15) is 44.3 Å². The van der Waals surface area contributed by atoms with Crippen LogP contribution < -0.4 is 0 Å². The van der Waals surface area contributed by atoms with E-state index in [9.17, 15) is 19.2 Å². The molecule has 1 amide bonds. The first-order valence-corrected chi connectivity index (χ1v) is 11.1. The molecule has 7 nitrogen and oxygen atoms in total. The lowest BCUT2D eigenvalue weighted by Crippen LogP contribution is -2.59. The van der Waals surface area contributed by atoms with Crippen LogP contribution in [0.15, 0.2) is 30.3 Å². The molecular weight excluding hydrogens is 425 g/mol. The maximum atomic E-state index is 13.9. The number of rotatable bonds is 3. The number of ether oxygens (including phenoxy) is 2. The minimum Gasteiger partial charge on any atom is -0.457 e. The number of fused-ring (bicyclic) bond motifs is 2. The molecule has 2 aromatic carbocycles. The smallest absolute Gasteiger partial charge is 0.338 e. The Hall–Kier alpha value is -3.28. The normalized spacial score (nSPS) is 22.3. The van der Waals surface area contributed by atoms with Crippen LogP contribution in [0.2, 0.25) is 0 Å². The number of nitriles is 1. The molecule has 0 aliphatic carbocycles. The van der Waals surface area contributed by atoms with Crippen molar-refractivity contribution in [3.05, 3.63) is 69.5 Å². The van der Waals surface area contributed by atoms with Gasteiger partial charge in [0.05, 0.1) is 36.3 Å². The lowest BCUT2D eigenvalue weighted by molar-refractivity contribution is -0.139. The van der Waals surface area contributed by atoms with Gasteiger partial charge in [-0.15, -0.1) is 0 Å². The third kappa shape index (κ3) is 3.99. The Morgan fingerprint density at radius 2 is 2.09 bits per heavy atom. The SMILES string of the molecule is Cc1c([C@H]2CN3CCN(C(=O)Cc4ccc5c(c4)COC5=O)C[C@H]3CO2)ccc(F)c1C#N. The van der Waals surface area contributed by atoms with Crippen LogP contribution >= 0.6 is 0 Å². The molecule has 2 atom stereocenters. The summed E-state index contributed by atoms with van der Waals surface area (Å²) < 4.78 is 25.0. The third-order valence-corrected chi connectivity index (χ3v) is 6.87. The third-order valence-electron chi connectivity index (χ3n) is 6.87. The summed E-state index contributed by atoms with van der Waals surface area (Å²) in [5.74, 6) is -0.772. The van der Waals surface area contributed by atoms with Crippen LogP contribution in [0, 0.1) is 24.1 Å². The lowest BCUT2D eigenvalue weighted by atomic mass is 9.96. The topological polar surface area (TPSA) is 82.9 Å². The van der Waals surface area contributed by atoms with E-state index in [2.05, 4.69) is 4.90 Å². The highest BCUT2D eigenvalue weighted by atomic mass is 19.1. The molecule has 8 heteroatoms. The molecule has 3 aliphatic heterocycles. The number of morpholine rings is 1. The number of hydrogen-bond donors (Lipinski definition) is 0. The molecular formula is C25H24FN3O4. The fourth-order valence-electron chi connectivity index (χ4n) is 4.96. The number of halogens is 1. The van der Waals surface area contributed by atoms with Crippen molar-refractivity contribution in [1.82, 2.24) is 9.80 Å². The van der Waals surface area contributed by atoms with Crippen LogP contribution in [0.25, 0.3) is 0 Å². The first kappa shape index (κ1) is 21.6. The highest BCUT2D eigenvalue weighted by Gasteiger charge is 2.36. The van der Waals surface area contributed by atoms with Gasteiger partial charge in [-0.05, 0) is 35.7 Å². The second-order valence-electron chi connectivity index (χ2n) is 8.80. The molecule has 2 aromatic rings. The number of nitrogens with zero attached hydrogens (tertiary/aromatic N) is 3. The van der Waals surface area contributed by atoms with Gasteiger partial charge in [-0.25, -0.2) is 9.18 Å². The first-order valence-electron chi connectivity index (χ1n) is 11.1. The van der Waals surface area contributed by atoms with Gasteiger partial charge in [0.2, 0.25) is 5.91 Å². The standard InChI is InChI=1S/C25H24FN3O4/c1-15-19(4-5-22(26)21(15)10-27)23-12-28-6-7-29(11-18(28)14-32-23)24(30)9-16-2-3-20-17(8-16)13-33-25(20)31/h2-5,8,18,23H,6-7,9,11-14H2,1H3/t18-,23+/m0/s1. The largest absolute Gasteiger partial charge is 0.457 e. The monoisotopic (exact) mass is 449 g/mol. The highest BCUT2D eigenvalue weighted by molar-refractivity contribution is 5.93. The molecule has 0 radical (unpaired) electrons. The van der Waals surface area contributed by atoms with Gasteiger partial charge in [0, 0.05) is 31.7 Å². The molecule has 3 heterocycles. The van der Waals surface area contributed by atoms with Gasteiger partial charge >= 0.3 is 5.97 Å². The van der Waals surface area contributed by atoms with E-state index < -0.39 is 5.82 Å². The van der Waals surface area contributed by atoms with Gasteiger partial charge in [-0.2, -0.15) is 5.26 Å². The Bertz CT molecular complexity index is 1170. The minimum absolute atomic E-state index is 0.0509. The molecule has 2 saturated heterocycles. The van der Waals surface area contributed by atoms with Crippen molar-refractivity contribution in [1.29, 1.82) is 5.26 Å². The molecule has 33 heavy (non-hydrogen) atoms. The van der Waals surface area contributed by atoms with E-state index >= 15 is 0 Å². The van der Waals surface area contributed by atoms with Gasteiger partial charge in [-0.1, -0.05) is 18.2 Å². The second-order valence-corrected chi connectivity index (χ2v) is 8.80. The molecule has 3 aliphatic rings. The zero-order valence-electron chi connectivity index (χ0n) is 18.3. The van der Waals surface area contributed by atoms with Crippen LogP contribution in [0.5, 0.6) is 0 Å². The van der Waals surface area contributed by atoms with Gasteiger partial charge < -0.3 is 14.4 Å². The Balaban J connectivity index is 1.21. The predicted molar refractivity (Wildman–Crippen MR) is 116 cm³/mol. The number of carbonyl (C=O) groups is 2. The van der Waals surface area contributed by atoms with Crippen LogP contribution in [0.3, 0.4) is 0 Å². The Kier molecular flexibility index (Phi) is 5.60. The van der Waals surface area contributed by atoms with E-state index in [0.29, 0.717) is 37.4 Å². The summed E-state index contributed by atoms with van der Waals surface area (Å²) in [5, 5.41) is 9.25. The number of esters is 1. The zero-order chi connectivity index (χ0) is 23.1. The predicted octanol–water partition coefficient (Wildman–Crippen LogP) is 2.50. The maximum absolute atomic E-state index is 13.9. The molecule has 2 fully saturated rings. The summed E-state index contributed by atoms with van der Waals surface area (Å²) in [7, 11) is 0. The molecule has 0 aromatic heterocycles. The number of amides is 1. The average Bonchev–Trinajstić information content (AvgIpc) is 3.18. The van der Waals surface area contributed by atoms with E-state index in [-0.39, 0.29) is 42.6 Å². The minimum atomic E-state index is -0.512. The number of hydrogen-bond acceptors (Lipinski definition) is 6. The molecule has 170 valence electrons. The van der Waals surface area contributed by atoms with Crippen molar-refractivity contribution in [2.75, 3.05) is 32.8 Å². The maximum Gasteiger partial charge on any atom is 0.338 e. The van der Waals surface area contributed by atoms with Crippen molar-refractivity contribution in [3.8, 4) is 6.07 Å². The number of carbonyl (C=O) groups excluding carboxylic acids is 2. The van der Waals surface area contributed by atoms with Gasteiger partial charge in [0.25, 0.3) is 0 Å². The second kappa shape index (κ2) is 8.58. The number of benzene rings is 2. The zero-order valence-corrected chi connectivity index (χ0v) is 18.3. The van der Waals surface area contributed by atoms with Crippen LogP contribution in [-0.2, 0) is 27.3 Å². The lowest BCUT2D eigenvalue weighted by Gasteiger charge is -2.46. The summed E-state index contributed by atoms with van der Waals surface area (Å²) in [6.45, 7) is 5.07. The quantitative estimate of drug-likeness (QED) is 0.670. The Morgan fingerprint density at radius 1 is 1.24 bits per heavy atom. The molecule has 0 unspecified atom stereocenters. The van der Waals surface area contributed by atoms with Crippen molar-refractivity contribution in [2.45, 2.75) is 32.1 Å². The van der Waals surface area contributed by atoms with E-state index in [0.717, 1.165) is 23.2 Å². The average molecular weight is 449 g/mol. The van der Waals surface area contributed by atoms with Crippen LogP contribution in [0.4, 0.5) is 4.39 Å². The molecule has 5 rings (SSSR count). The molecule has 0 bridgehead atoms. The number of piperazine rings is 1. The first-order chi connectivity index (χ1) is 15.9. The van der Waals surface area contributed by atoms with Crippen molar-refractivity contribution < 1.29 is 23.5 Å².